The second-order valence-electron chi connectivity index (χ2n) is 6.31. The summed E-state index contributed by atoms with van der Waals surface area (Å²) in [7, 11) is -0.622. The summed E-state index contributed by atoms with van der Waals surface area (Å²) in [5.41, 5.74) is 0.882. The lowest BCUT2D eigenvalue weighted by atomic mass is 10.2. The fourth-order valence-electron chi connectivity index (χ4n) is 2.93. The Morgan fingerprint density at radius 3 is 2.45 bits per heavy atom. The van der Waals surface area contributed by atoms with E-state index >= 15 is 0 Å². The standard InChI is InChI=1S/C20H23NO7S/c1-25-18-7-6-16(13-19(18)26-2)20(22)28-14-15-4-3-5-17(12-15)29(23,24)21-8-10-27-11-9-21/h3-7,12-13H,8-11,14H2,1-2H3. The second-order valence-corrected chi connectivity index (χ2v) is 8.25. The summed E-state index contributed by atoms with van der Waals surface area (Å²) in [5, 5.41) is 0. The summed E-state index contributed by atoms with van der Waals surface area (Å²) in [6.07, 6.45) is 0. The predicted molar refractivity (Wildman–Crippen MR) is 105 cm³/mol. The van der Waals surface area contributed by atoms with Crippen LogP contribution in [0.5, 0.6) is 11.5 Å². The van der Waals surface area contributed by atoms with Crippen LogP contribution in [0.2, 0.25) is 0 Å². The molecule has 0 aromatic heterocycles. The van der Waals surface area contributed by atoms with E-state index in [4.69, 9.17) is 18.9 Å². The Morgan fingerprint density at radius 1 is 1.03 bits per heavy atom. The topological polar surface area (TPSA) is 91.4 Å². The van der Waals surface area contributed by atoms with Crippen molar-refractivity contribution in [3.63, 3.8) is 0 Å². The van der Waals surface area contributed by atoms with Gasteiger partial charge in [-0.2, -0.15) is 4.31 Å². The number of morpholine rings is 1. The van der Waals surface area contributed by atoms with Gasteiger partial charge in [0.15, 0.2) is 11.5 Å². The number of rotatable bonds is 7. The highest BCUT2D eigenvalue weighted by Crippen LogP contribution is 2.28. The summed E-state index contributed by atoms with van der Waals surface area (Å²) in [4.78, 5) is 12.5. The quantitative estimate of drug-likeness (QED) is 0.632. The van der Waals surface area contributed by atoms with Crippen molar-refractivity contribution in [3.8, 4) is 11.5 Å². The van der Waals surface area contributed by atoms with Crippen LogP contribution in [0.25, 0.3) is 0 Å². The summed E-state index contributed by atoms with van der Waals surface area (Å²) in [6, 6.07) is 11.1. The number of benzene rings is 2. The van der Waals surface area contributed by atoms with E-state index in [1.54, 1.807) is 24.3 Å². The van der Waals surface area contributed by atoms with Crippen molar-refractivity contribution in [1.82, 2.24) is 4.31 Å². The normalized spacial score (nSPS) is 15.0. The fraction of sp³-hybridized carbons (Fsp3) is 0.350. The summed E-state index contributed by atoms with van der Waals surface area (Å²) in [6.45, 7) is 1.34. The Morgan fingerprint density at radius 2 is 1.76 bits per heavy atom. The Labute approximate surface area is 170 Å². The first-order valence-electron chi connectivity index (χ1n) is 9.01. The molecule has 2 aromatic carbocycles. The minimum Gasteiger partial charge on any atom is -0.493 e. The zero-order chi connectivity index (χ0) is 20.9. The van der Waals surface area contributed by atoms with E-state index in [9.17, 15) is 13.2 Å². The first-order chi connectivity index (χ1) is 14.0. The van der Waals surface area contributed by atoms with Crippen LogP contribution < -0.4 is 9.47 Å². The zero-order valence-electron chi connectivity index (χ0n) is 16.3. The van der Waals surface area contributed by atoms with Crippen LogP contribution in [0.15, 0.2) is 47.4 Å². The third-order valence-electron chi connectivity index (χ3n) is 4.50. The molecule has 0 N–H and O–H groups in total. The summed E-state index contributed by atoms with van der Waals surface area (Å²) >= 11 is 0. The Bertz CT molecular complexity index is 969. The molecular formula is C20H23NO7S. The fourth-order valence-corrected chi connectivity index (χ4v) is 4.41. The van der Waals surface area contributed by atoms with E-state index < -0.39 is 16.0 Å². The van der Waals surface area contributed by atoms with Gasteiger partial charge in [-0.05, 0) is 35.9 Å². The number of hydrogen-bond acceptors (Lipinski definition) is 7. The lowest BCUT2D eigenvalue weighted by Gasteiger charge is -2.26. The van der Waals surface area contributed by atoms with Gasteiger partial charge in [0.1, 0.15) is 6.61 Å². The molecule has 3 rings (SSSR count). The van der Waals surface area contributed by atoms with Crippen molar-refractivity contribution in [2.45, 2.75) is 11.5 Å². The number of sulfonamides is 1. The average Bonchev–Trinajstić information content (AvgIpc) is 2.77. The van der Waals surface area contributed by atoms with Crippen molar-refractivity contribution < 1.29 is 32.2 Å². The minimum atomic E-state index is -3.61. The predicted octanol–water partition coefficient (Wildman–Crippen LogP) is 2.08. The van der Waals surface area contributed by atoms with Gasteiger partial charge in [-0.25, -0.2) is 13.2 Å². The van der Waals surface area contributed by atoms with E-state index in [2.05, 4.69) is 0 Å². The minimum absolute atomic E-state index is 0.0559. The van der Waals surface area contributed by atoms with E-state index in [1.165, 1.54) is 36.7 Å². The molecule has 1 saturated heterocycles. The number of methoxy groups -OCH3 is 2. The lowest BCUT2D eigenvalue weighted by Crippen LogP contribution is -2.40. The monoisotopic (exact) mass is 421 g/mol. The van der Waals surface area contributed by atoms with Crippen molar-refractivity contribution in [1.29, 1.82) is 0 Å². The van der Waals surface area contributed by atoms with Crippen molar-refractivity contribution in [3.05, 3.63) is 53.6 Å². The number of esters is 1. The highest BCUT2D eigenvalue weighted by molar-refractivity contribution is 7.89. The van der Waals surface area contributed by atoms with Gasteiger partial charge in [0, 0.05) is 13.1 Å². The molecular weight excluding hydrogens is 398 g/mol. The van der Waals surface area contributed by atoms with E-state index in [0.717, 1.165) is 0 Å². The van der Waals surface area contributed by atoms with Crippen LogP contribution in [0, 0.1) is 0 Å². The summed E-state index contributed by atoms with van der Waals surface area (Å²) < 4.78 is 47.8. The highest BCUT2D eigenvalue weighted by Gasteiger charge is 2.26. The maximum absolute atomic E-state index is 12.8. The number of carbonyl (C=O) groups excluding carboxylic acids is 1. The average molecular weight is 421 g/mol. The molecule has 2 aromatic rings. The zero-order valence-corrected chi connectivity index (χ0v) is 17.1. The van der Waals surface area contributed by atoms with Crippen LogP contribution in [-0.4, -0.2) is 59.2 Å². The Balaban J connectivity index is 1.70. The van der Waals surface area contributed by atoms with Gasteiger partial charge in [0.05, 0.1) is 37.9 Å². The molecule has 8 nitrogen and oxygen atoms in total. The third-order valence-corrected chi connectivity index (χ3v) is 6.39. The lowest BCUT2D eigenvalue weighted by molar-refractivity contribution is 0.0472. The van der Waals surface area contributed by atoms with Gasteiger partial charge in [-0.3, -0.25) is 0 Å². The number of carbonyl (C=O) groups is 1. The highest BCUT2D eigenvalue weighted by atomic mass is 32.2. The molecule has 1 heterocycles. The molecule has 29 heavy (non-hydrogen) atoms. The molecule has 9 heteroatoms. The first kappa shape index (κ1) is 21.1. The van der Waals surface area contributed by atoms with E-state index in [-0.39, 0.29) is 11.5 Å². The molecule has 1 aliphatic rings. The van der Waals surface area contributed by atoms with Gasteiger partial charge in [0.2, 0.25) is 10.0 Å². The molecule has 0 unspecified atom stereocenters. The van der Waals surface area contributed by atoms with Crippen LogP contribution in [0.4, 0.5) is 0 Å². The van der Waals surface area contributed by atoms with Crippen molar-refractivity contribution >= 4 is 16.0 Å². The number of nitrogens with zero attached hydrogens (tertiary/aromatic N) is 1. The van der Waals surface area contributed by atoms with Crippen LogP contribution >= 0.6 is 0 Å². The van der Waals surface area contributed by atoms with Crippen molar-refractivity contribution in [2.24, 2.45) is 0 Å². The van der Waals surface area contributed by atoms with Crippen LogP contribution in [0.3, 0.4) is 0 Å². The van der Waals surface area contributed by atoms with Crippen LogP contribution in [0.1, 0.15) is 15.9 Å². The van der Waals surface area contributed by atoms with E-state index in [0.29, 0.717) is 48.9 Å². The maximum Gasteiger partial charge on any atom is 0.338 e. The second kappa shape index (κ2) is 9.25. The summed E-state index contributed by atoms with van der Waals surface area (Å²) in [5.74, 6) is 0.373. The Hall–Kier alpha value is -2.62. The van der Waals surface area contributed by atoms with Gasteiger partial charge >= 0.3 is 5.97 Å². The molecule has 156 valence electrons. The molecule has 0 spiro atoms. The Kier molecular flexibility index (Phi) is 6.73. The maximum atomic E-state index is 12.8. The molecule has 0 bridgehead atoms. The SMILES string of the molecule is COc1ccc(C(=O)OCc2cccc(S(=O)(=O)N3CCOCC3)c2)cc1OC. The van der Waals surface area contributed by atoms with Gasteiger partial charge < -0.3 is 18.9 Å². The first-order valence-corrected chi connectivity index (χ1v) is 10.5. The van der Waals surface area contributed by atoms with Gasteiger partial charge in [0.25, 0.3) is 0 Å². The van der Waals surface area contributed by atoms with Crippen LogP contribution in [-0.2, 0) is 26.1 Å². The molecule has 0 amide bonds. The molecule has 0 atom stereocenters. The third kappa shape index (κ3) is 4.87. The molecule has 1 fully saturated rings. The van der Waals surface area contributed by atoms with Crippen molar-refractivity contribution in [2.75, 3.05) is 40.5 Å². The number of hydrogen-bond donors (Lipinski definition) is 0. The van der Waals surface area contributed by atoms with E-state index in [1.807, 2.05) is 0 Å². The van der Waals surface area contributed by atoms with Gasteiger partial charge in [-0.15, -0.1) is 0 Å². The molecule has 1 aliphatic heterocycles. The number of ether oxygens (including phenoxy) is 4. The molecule has 0 radical (unpaired) electrons. The smallest absolute Gasteiger partial charge is 0.338 e. The van der Waals surface area contributed by atoms with Gasteiger partial charge in [-0.1, -0.05) is 12.1 Å². The molecule has 0 aliphatic carbocycles. The molecule has 0 saturated carbocycles. The largest absolute Gasteiger partial charge is 0.493 e.